The van der Waals surface area contributed by atoms with Crippen molar-refractivity contribution in [2.75, 3.05) is 5.73 Å². The first kappa shape index (κ1) is 18.2. The lowest BCUT2D eigenvalue weighted by Gasteiger charge is -2.14. The first-order chi connectivity index (χ1) is 12.5. The number of hydrogen-bond acceptors (Lipinski definition) is 6. The second-order valence-corrected chi connectivity index (χ2v) is 6.95. The van der Waals surface area contributed by atoms with Gasteiger partial charge in [0.05, 0.1) is 17.6 Å². The van der Waals surface area contributed by atoms with Crippen LogP contribution in [-0.4, -0.2) is 4.98 Å². The monoisotopic (exact) mass is 400 g/mol. The molecule has 5 nitrogen and oxygen atoms in total. The smallest absolute Gasteiger partial charge is 0.143 e. The summed E-state index contributed by atoms with van der Waals surface area (Å²) in [6.45, 7) is 0. The van der Waals surface area contributed by atoms with Crippen molar-refractivity contribution in [1.29, 1.82) is 10.5 Å². The predicted molar refractivity (Wildman–Crippen MR) is 102 cm³/mol. The van der Waals surface area contributed by atoms with Crippen molar-refractivity contribution in [3.05, 3.63) is 63.5 Å². The Morgan fingerprint density at radius 3 is 2.54 bits per heavy atom. The Balaban J connectivity index is 2.18. The van der Waals surface area contributed by atoms with E-state index >= 15 is 0 Å². The molecule has 0 saturated carbocycles. The summed E-state index contributed by atoms with van der Waals surface area (Å²) in [6, 6.07) is 12.6. The van der Waals surface area contributed by atoms with Crippen molar-refractivity contribution >= 4 is 40.8 Å². The summed E-state index contributed by atoms with van der Waals surface area (Å²) in [5.41, 5.74) is 7.16. The average molecular weight is 401 g/mol. The van der Waals surface area contributed by atoms with Gasteiger partial charge in [-0.15, -0.1) is 0 Å². The molecule has 2 N–H and O–H groups in total. The molecule has 0 amide bonds. The fraction of sp³-hybridized carbons (Fsp3) is 0.0556. The summed E-state index contributed by atoms with van der Waals surface area (Å²) in [4.78, 5) is 4.23. The molecule has 0 fully saturated rings. The van der Waals surface area contributed by atoms with E-state index in [0.717, 1.165) is 5.76 Å². The summed E-state index contributed by atoms with van der Waals surface area (Å²) in [7, 11) is 0. The van der Waals surface area contributed by atoms with E-state index in [-0.39, 0.29) is 16.9 Å². The number of pyridine rings is 1. The van der Waals surface area contributed by atoms with Gasteiger partial charge in [0, 0.05) is 21.2 Å². The van der Waals surface area contributed by atoms with Crippen molar-refractivity contribution < 1.29 is 4.42 Å². The number of thioether (sulfide) groups is 1. The van der Waals surface area contributed by atoms with E-state index < -0.39 is 0 Å². The first-order valence-corrected chi connectivity index (χ1v) is 9.03. The van der Waals surface area contributed by atoms with Crippen molar-refractivity contribution in [3.8, 4) is 23.3 Å². The number of nitrogen functional groups attached to an aromatic ring is 1. The van der Waals surface area contributed by atoms with E-state index in [9.17, 15) is 10.5 Å². The standard InChI is InChI=1S/C18H10Cl2N4OS/c19-10-3-4-12(15(20)6-10)16-13(7-21)17(23)24-18(14(16)8-22)26-9-11-2-1-5-25-11/h1-6H,9H2,(H2,23,24). The maximum absolute atomic E-state index is 9.73. The number of hydrogen-bond donors (Lipinski definition) is 1. The minimum atomic E-state index is 0.0365. The minimum Gasteiger partial charge on any atom is -0.468 e. The third-order valence-electron chi connectivity index (χ3n) is 3.55. The summed E-state index contributed by atoms with van der Waals surface area (Å²) in [5.74, 6) is 1.23. The first-order valence-electron chi connectivity index (χ1n) is 7.29. The molecule has 0 bridgehead atoms. The number of nitrogens with zero attached hydrogens (tertiary/aromatic N) is 3. The van der Waals surface area contributed by atoms with E-state index in [1.165, 1.54) is 11.8 Å². The number of nitrogens with two attached hydrogens (primary N) is 1. The number of benzene rings is 1. The number of furan rings is 1. The molecule has 128 valence electrons. The van der Waals surface area contributed by atoms with Crippen LogP contribution in [0.2, 0.25) is 10.0 Å². The molecule has 1 aromatic carbocycles. The van der Waals surface area contributed by atoms with Crippen LogP contribution in [0, 0.1) is 22.7 Å². The van der Waals surface area contributed by atoms with Crippen molar-refractivity contribution in [1.82, 2.24) is 4.98 Å². The van der Waals surface area contributed by atoms with Crippen molar-refractivity contribution in [2.45, 2.75) is 10.8 Å². The third kappa shape index (κ3) is 3.49. The number of aromatic nitrogens is 1. The van der Waals surface area contributed by atoms with Crippen LogP contribution in [-0.2, 0) is 5.75 Å². The van der Waals surface area contributed by atoms with E-state index in [0.29, 0.717) is 32.0 Å². The fourth-order valence-electron chi connectivity index (χ4n) is 2.40. The lowest BCUT2D eigenvalue weighted by atomic mass is 9.97. The molecule has 3 aromatic rings. The highest BCUT2D eigenvalue weighted by atomic mass is 35.5. The van der Waals surface area contributed by atoms with Gasteiger partial charge in [0.1, 0.15) is 34.3 Å². The molecule has 3 rings (SSSR count). The Morgan fingerprint density at radius 2 is 1.92 bits per heavy atom. The molecule has 0 saturated heterocycles. The van der Waals surface area contributed by atoms with Crippen LogP contribution in [0.15, 0.2) is 46.0 Å². The molecular formula is C18H10Cl2N4OS. The quantitative estimate of drug-likeness (QED) is 0.598. The van der Waals surface area contributed by atoms with Gasteiger partial charge in [-0.1, -0.05) is 41.0 Å². The Hall–Kier alpha value is -2.64. The molecule has 0 unspecified atom stereocenters. The number of nitriles is 2. The second kappa shape index (κ2) is 7.72. The second-order valence-electron chi connectivity index (χ2n) is 5.14. The molecule has 8 heteroatoms. The van der Waals surface area contributed by atoms with Crippen LogP contribution in [0.4, 0.5) is 5.82 Å². The van der Waals surface area contributed by atoms with Crippen LogP contribution in [0.3, 0.4) is 0 Å². The largest absolute Gasteiger partial charge is 0.468 e. The minimum absolute atomic E-state index is 0.0365. The van der Waals surface area contributed by atoms with Gasteiger partial charge in [-0.25, -0.2) is 4.98 Å². The molecule has 0 aliphatic heterocycles. The van der Waals surface area contributed by atoms with Gasteiger partial charge in [-0.3, -0.25) is 0 Å². The number of anilines is 1. The normalized spacial score (nSPS) is 10.3. The van der Waals surface area contributed by atoms with Crippen LogP contribution in [0.1, 0.15) is 16.9 Å². The van der Waals surface area contributed by atoms with Gasteiger partial charge < -0.3 is 10.2 Å². The van der Waals surface area contributed by atoms with Gasteiger partial charge in [-0.05, 0) is 24.3 Å². The van der Waals surface area contributed by atoms with E-state index in [1.807, 2.05) is 12.1 Å². The highest BCUT2D eigenvalue weighted by Crippen LogP contribution is 2.40. The Kier molecular flexibility index (Phi) is 5.39. The average Bonchev–Trinajstić information content (AvgIpc) is 3.13. The SMILES string of the molecule is N#Cc1c(N)nc(SCc2ccco2)c(C#N)c1-c1ccc(Cl)cc1Cl. The highest BCUT2D eigenvalue weighted by Gasteiger charge is 2.22. The molecule has 2 heterocycles. The molecular weight excluding hydrogens is 391 g/mol. The molecule has 0 atom stereocenters. The highest BCUT2D eigenvalue weighted by molar-refractivity contribution is 7.98. The van der Waals surface area contributed by atoms with Gasteiger partial charge in [0.2, 0.25) is 0 Å². The van der Waals surface area contributed by atoms with Crippen molar-refractivity contribution in [2.24, 2.45) is 0 Å². The summed E-state index contributed by atoms with van der Waals surface area (Å²) in [6.07, 6.45) is 1.57. The summed E-state index contributed by atoms with van der Waals surface area (Å²) in [5, 5.41) is 20.4. The molecule has 2 aromatic heterocycles. The van der Waals surface area contributed by atoms with E-state index in [2.05, 4.69) is 11.1 Å². The van der Waals surface area contributed by atoms with Gasteiger partial charge in [-0.2, -0.15) is 10.5 Å². The topological polar surface area (TPSA) is 99.6 Å². The van der Waals surface area contributed by atoms with Crippen LogP contribution >= 0.6 is 35.0 Å². The third-order valence-corrected chi connectivity index (χ3v) is 5.09. The predicted octanol–water partition coefficient (Wildman–Crippen LogP) is 5.27. The van der Waals surface area contributed by atoms with Crippen molar-refractivity contribution in [3.63, 3.8) is 0 Å². The van der Waals surface area contributed by atoms with Crippen LogP contribution in [0.5, 0.6) is 0 Å². The van der Waals surface area contributed by atoms with Gasteiger partial charge in [0.25, 0.3) is 0 Å². The zero-order chi connectivity index (χ0) is 18.7. The number of rotatable bonds is 4. The van der Waals surface area contributed by atoms with Crippen LogP contribution in [0.25, 0.3) is 11.1 Å². The maximum atomic E-state index is 9.73. The van der Waals surface area contributed by atoms with Gasteiger partial charge in [0.15, 0.2) is 0 Å². The van der Waals surface area contributed by atoms with E-state index in [1.54, 1.807) is 30.5 Å². The molecule has 0 aliphatic carbocycles. The zero-order valence-corrected chi connectivity index (χ0v) is 15.5. The Bertz CT molecular complexity index is 1050. The molecule has 0 spiro atoms. The summed E-state index contributed by atoms with van der Waals surface area (Å²) < 4.78 is 5.30. The molecule has 0 radical (unpaired) electrons. The Morgan fingerprint density at radius 1 is 1.15 bits per heavy atom. The van der Waals surface area contributed by atoms with Gasteiger partial charge >= 0.3 is 0 Å². The molecule has 26 heavy (non-hydrogen) atoms. The molecule has 0 aliphatic rings. The maximum Gasteiger partial charge on any atom is 0.143 e. The Labute approximate surface area is 164 Å². The van der Waals surface area contributed by atoms with E-state index in [4.69, 9.17) is 33.4 Å². The van der Waals surface area contributed by atoms with Crippen LogP contribution < -0.4 is 5.73 Å². The summed E-state index contributed by atoms with van der Waals surface area (Å²) >= 11 is 13.5. The number of halogens is 2. The lowest BCUT2D eigenvalue weighted by molar-refractivity contribution is 0.530. The fourth-order valence-corrected chi connectivity index (χ4v) is 3.80. The zero-order valence-electron chi connectivity index (χ0n) is 13.2. The lowest BCUT2D eigenvalue weighted by Crippen LogP contribution is -2.03.